The number of rotatable bonds is 2. The van der Waals surface area contributed by atoms with Crippen molar-refractivity contribution >= 4 is 24.2 Å². The fourth-order valence-electron chi connectivity index (χ4n) is 3.88. The molecule has 0 saturated carbocycles. The highest BCUT2D eigenvalue weighted by Crippen LogP contribution is 2.39. The Morgan fingerprint density at radius 2 is 1.46 bits per heavy atom. The van der Waals surface area contributed by atoms with Crippen molar-refractivity contribution in [1.29, 1.82) is 0 Å². The van der Waals surface area contributed by atoms with Gasteiger partial charge in [0.25, 0.3) is 0 Å². The first kappa shape index (κ1) is 17.6. The van der Waals surface area contributed by atoms with Crippen molar-refractivity contribution in [2.45, 2.75) is 59.2 Å². The molecule has 0 amide bonds. The number of allylic oxidation sites excluding steroid dienone is 1. The summed E-state index contributed by atoms with van der Waals surface area (Å²) in [4.78, 5) is 0. The first-order valence-corrected chi connectivity index (χ1v) is 9.44. The van der Waals surface area contributed by atoms with Crippen LogP contribution in [0.1, 0.15) is 55.5 Å². The van der Waals surface area contributed by atoms with E-state index < -0.39 is 0 Å². The number of aryl methyl sites for hydroxylation is 2. The maximum Gasteiger partial charge on any atom is 0.495 e. The Balaban J connectivity index is 1.74. The van der Waals surface area contributed by atoms with Crippen LogP contribution in [0.5, 0.6) is 0 Å². The molecule has 0 spiro atoms. The molecule has 134 valence electrons. The fraction of sp³-hybridized carbons (Fsp3) is 0.391. The molecule has 1 heterocycles. The van der Waals surface area contributed by atoms with Gasteiger partial charge >= 0.3 is 7.12 Å². The average molecular weight is 346 g/mol. The second kappa shape index (κ2) is 5.83. The van der Waals surface area contributed by atoms with Gasteiger partial charge in [-0.05, 0) is 86.8 Å². The number of fused-ring (bicyclic) bond motifs is 1. The molecule has 26 heavy (non-hydrogen) atoms. The van der Waals surface area contributed by atoms with E-state index in [2.05, 4.69) is 84.0 Å². The monoisotopic (exact) mass is 346 g/mol. The van der Waals surface area contributed by atoms with Crippen molar-refractivity contribution in [2.24, 2.45) is 0 Å². The summed E-state index contributed by atoms with van der Waals surface area (Å²) in [6.45, 7) is 12.8. The smallest absolute Gasteiger partial charge is 0.399 e. The van der Waals surface area contributed by atoms with Gasteiger partial charge in [0, 0.05) is 0 Å². The standard InChI is InChI=1S/C23H27BO2/c1-15-11-12-16(2)20-14-17(13-19(15)20)18-9-7-8-10-21(18)24-25-22(3,4)23(5,6)26-24/h7-13H,14H2,1-6H3. The maximum absolute atomic E-state index is 6.33. The van der Waals surface area contributed by atoms with E-state index in [9.17, 15) is 0 Å². The van der Waals surface area contributed by atoms with Crippen LogP contribution in [-0.2, 0) is 15.7 Å². The van der Waals surface area contributed by atoms with Gasteiger partial charge in [0.1, 0.15) is 0 Å². The third kappa shape index (κ3) is 2.65. The Morgan fingerprint density at radius 1 is 0.846 bits per heavy atom. The molecule has 1 saturated heterocycles. The molecule has 2 nitrogen and oxygen atoms in total. The highest BCUT2D eigenvalue weighted by molar-refractivity contribution is 6.63. The zero-order valence-electron chi connectivity index (χ0n) is 16.6. The van der Waals surface area contributed by atoms with Crippen molar-refractivity contribution in [3.05, 3.63) is 64.2 Å². The first-order valence-electron chi connectivity index (χ1n) is 9.44. The van der Waals surface area contributed by atoms with E-state index in [1.165, 1.54) is 33.4 Å². The molecule has 0 bridgehead atoms. The quantitative estimate of drug-likeness (QED) is 0.734. The molecule has 0 radical (unpaired) electrons. The molecule has 2 aromatic carbocycles. The predicted molar refractivity (Wildman–Crippen MR) is 110 cm³/mol. The second-order valence-electron chi connectivity index (χ2n) is 8.61. The van der Waals surface area contributed by atoms with Crippen LogP contribution in [-0.4, -0.2) is 18.3 Å². The van der Waals surface area contributed by atoms with Crippen LogP contribution in [0.4, 0.5) is 0 Å². The first-order chi connectivity index (χ1) is 12.2. The van der Waals surface area contributed by atoms with E-state index in [0.717, 1.165) is 11.9 Å². The SMILES string of the molecule is Cc1ccc(C)c2c1C=C(c1ccccc1B1OC(C)(C)C(C)(C)O1)C2. The van der Waals surface area contributed by atoms with Crippen LogP contribution in [0, 0.1) is 13.8 Å². The number of hydrogen-bond donors (Lipinski definition) is 0. The van der Waals surface area contributed by atoms with E-state index in [0.29, 0.717) is 0 Å². The summed E-state index contributed by atoms with van der Waals surface area (Å²) < 4.78 is 12.7. The summed E-state index contributed by atoms with van der Waals surface area (Å²) in [5, 5.41) is 0. The second-order valence-corrected chi connectivity index (χ2v) is 8.61. The average Bonchev–Trinajstić information content (AvgIpc) is 3.11. The molecular formula is C23H27BO2. The van der Waals surface area contributed by atoms with Crippen LogP contribution >= 0.6 is 0 Å². The third-order valence-corrected chi connectivity index (χ3v) is 6.31. The molecular weight excluding hydrogens is 319 g/mol. The van der Waals surface area contributed by atoms with Crippen LogP contribution in [0.15, 0.2) is 36.4 Å². The minimum Gasteiger partial charge on any atom is -0.399 e. The van der Waals surface area contributed by atoms with Crippen molar-refractivity contribution in [1.82, 2.24) is 0 Å². The molecule has 0 N–H and O–H groups in total. The molecule has 2 aliphatic rings. The van der Waals surface area contributed by atoms with Gasteiger partial charge in [0.15, 0.2) is 0 Å². The molecule has 1 aliphatic carbocycles. The summed E-state index contributed by atoms with van der Waals surface area (Å²) in [5.41, 5.74) is 8.59. The number of hydrogen-bond acceptors (Lipinski definition) is 2. The number of benzene rings is 2. The highest BCUT2D eigenvalue weighted by atomic mass is 16.7. The van der Waals surface area contributed by atoms with Crippen molar-refractivity contribution in [2.75, 3.05) is 0 Å². The fourth-order valence-corrected chi connectivity index (χ4v) is 3.88. The highest BCUT2D eigenvalue weighted by Gasteiger charge is 2.52. The van der Waals surface area contributed by atoms with Crippen molar-refractivity contribution in [3.8, 4) is 0 Å². The summed E-state index contributed by atoms with van der Waals surface area (Å²) in [6, 6.07) is 13.0. The van der Waals surface area contributed by atoms with Gasteiger partial charge in [0.05, 0.1) is 11.2 Å². The van der Waals surface area contributed by atoms with Gasteiger partial charge in [-0.15, -0.1) is 0 Å². The van der Waals surface area contributed by atoms with Gasteiger partial charge < -0.3 is 9.31 Å². The van der Waals surface area contributed by atoms with Crippen LogP contribution < -0.4 is 5.46 Å². The molecule has 0 aromatic heterocycles. The lowest BCUT2D eigenvalue weighted by molar-refractivity contribution is 0.00578. The predicted octanol–water partition coefficient (Wildman–Crippen LogP) is 4.70. The van der Waals surface area contributed by atoms with Gasteiger partial charge in [0.2, 0.25) is 0 Å². The van der Waals surface area contributed by atoms with E-state index >= 15 is 0 Å². The molecule has 1 fully saturated rings. The Hall–Kier alpha value is -1.84. The minimum atomic E-state index is -0.331. The Labute approximate surface area is 157 Å². The molecule has 2 aromatic rings. The van der Waals surface area contributed by atoms with E-state index in [4.69, 9.17) is 9.31 Å². The molecule has 4 rings (SSSR count). The van der Waals surface area contributed by atoms with E-state index in [1.807, 2.05) is 0 Å². The normalized spacial score (nSPS) is 20.2. The zero-order chi connectivity index (χ0) is 18.7. The lowest BCUT2D eigenvalue weighted by Gasteiger charge is -2.32. The minimum absolute atomic E-state index is 0.328. The van der Waals surface area contributed by atoms with Crippen LogP contribution in [0.3, 0.4) is 0 Å². The van der Waals surface area contributed by atoms with Gasteiger partial charge in [-0.2, -0.15) is 0 Å². The summed E-state index contributed by atoms with van der Waals surface area (Å²) in [7, 11) is -0.331. The molecule has 1 aliphatic heterocycles. The Bertz CT molecular complexity index is 892. The summed E-state index contributed by atoms with van der Waals surface area (Å²) in [6.07, 6.45) is 3.32. The van der Waals surface area contributed by atoms with Crippen LogP contribution in [0.2, 0.25) is 0 Å². The molecule has 0 unspecified atom stereocenters. The Morgan fingerprint density at radius 3 is 2.12 bits per heavy atom. The lowest BCUT2D eigenvalue weighted by Crippen LogP contribution is -2.41. The lowest BCUT2D eigenvalue weighted by atomic mass is 9.74. The van der Waals surface area contributed by atoms with Gasteiger partial charge in [-0.3, -0.25) is 0 Å². The molecule has 0 atom stereocenters. The topological polar surface area (TPSA) is 18.5 Å². The van der Waals surface area contributed by atoms with E-state index in [1.54, 1.807) is 0 Å². The molecule has 3 heteroatoms. The Kier molecular flexibility index (Phi) is 3.94. The largest absolute Gasteiger partial charge is 0.495 e. The van der Waals surface area contributed by atoms with E-state index in [-0.39, 0.29) is 18.3 Å². The summed E-state index contributed by atoms with van der Waals surface area (Å²) >= 11 is 0. The van der Waals surface area contributed by atoms with Crippen LogP contribution in [0.25, 0.3) is 11.6 Å². The maximum atomic E-state index is 6.33. The third-order valence-electron chi connectivity index (χ3n) is 6.31. The van der Waals surface area contributed by atoms with Gasteiger partial charge in [-0.1, -0.05) is 42.5 Å². The summed E-state index contributed by atoms with van der Waals surface area (Å²) in [5.74, 6) is 0. The zero-order valence-corrected chi connectivity index (χ0v) is 16.6. The van der Waals surface area contributed by atoms with Crippen molar-refractivity contribution < 1.29 is 9.31 Å². The van der Waals surface area contributed by atoms with Gasteiger partial charge in [-0.25, -0.2) is 0 Å². The van der Waals surface area contributed by atoms with Crippen molar-refractivity contribution in [3.63, 3.8) is 0 Å².